The van der Waals surface area contributed by atoms with E-state index in [0.717, 1.165) is 24.1 Å². The highest BCUT2D eigenvalue weighted by Gasteiger charge is 2.19. The number of rotatable bonds is 9. The summed E-state index contributed by atoms with van der Waals surface area (Å²) in [6.07, 6.45) is 3.31. The predicted octanol–water partition coefficient (Wildman–Crippen LogP) is 3.43. The first-order chi connectivity index (χ1) is 11.8. The van der Waals surface area contributed by atoms with E-state index in [2.05, 4.69) is 0 Å². The number of benzene rings is 1. The monoisotopic (exact) mass is 382 g/mol. The summed E-state index contributed by atoms with van der Waals surface area (Å²) in [6, 6.07) is 10.2. The Hall–Kier alpha value is -1.69. The Morgan fingerprint density at radius 2 is 1.85 bits per heavy atom. The van der Waals surface area contributed by atoms with Crippen molar-refractivity contribution in [1.82, 2.24) is 4.57 Å². The third kappa shape index (κ3) is 6.24. The van der Waals surface area contributed by atoms with Crippen LogP contribution in [0.2, 0.25) is 0 Å². The number of aliphatic hydroxyl groups is 1. The van der Waals surface area contributed by atoms with Crippen molar-refractivity contribution >= 4 is 18.2 Å². The van der Waals surface area contributed by atoms with Crippen molar-refractivity contribution < 1.29 is 14.3 Å². The third-order valence-electron chi connectivity index (χ3n) is 4.61. The van der Waals surface area contributed by atoms with Gasteiger partial charge in [-0.2, -0.15) is 0 Å². The summed E-state index contributed by atoms with van der Waals surface area (Å²) >= 11 is 0. The lowest BCUT2D eigenvalue weighted by Gasteiger charge is -2.21. The minimum Gasteiger partial charge on any atom is -0.394 e. The summed E-state index contributed by atoms with van der Waals surface area (Å²) in [5.41, 5.74) is 8.11. The van der Waals surface area contributed by atoms with E-state index in [-0.39, 0.29) is 30.6 Å². The fraction of sp³-hybridized carbons (Fsp3) is 0.450. The lowest BCUT2D eigenvalue weighted by Crippen LogP contribution is -2.40. The van der Waals surface area contributed by atoms with Gasteiger partial charge in [0, 0.05) is 24.7 Å². The molecule has 26 heavy (non-hydrogen) atoms. The lowest BCUT2D eigenvalue weighted by molar-refractivity contribution is 0.0972. The molecule has 0 aliphatic rings. The van der Waals surface area contributed by atoms with Crippen molar-refractivity contribution in [2.45, 2.75) is 44.6 Å². The Labute approximate surface area is 160 Å². The number of ketones is 1. The average molecular weight is 383 g/mol. The van der Waals surface area contributed by atoms with Crippen LogP contribution in [0.15, 0.2) is 36.4 Å². The van der Waals surface area contributed by atoms with E-state index in [9.17, 15) is 14.3 Å². The van der Waals surface area contributed by atoms with Gasteiger partial charge in [-0.05, 0) is 62.4 Å². The van der Waals surface area contributed by atoms with Gasteiger partial charge in [0.15, 0.2) is 5.78 Å². The molecule has 0 amide bonds. The molecule has 2 aromatic rings. The van der Waals surface area contributed by atoms with Gasteiger partial charge in [-0.25, -0.2) is 4.39 Å². The van der Waals surface area contributed by atoms with Crippen molar-refractivity contribution in [3.8, 4) is 0 Å². The van der Waals surface area contributed by atoms with E-state index in [0.29, 0.717) is 25.0 Å². The smallest absolute Gasteiger partial charge is 0.179 e. The molecular formula is C20H28ClFN2O2. The van der Waals surface area contributed by atoms with Crippen LogP contribution in [0.3, 0.4) is 0 Å². The zero-order valence-electron chi connectivity index (χ0n) is 15.4. The molecule has 0 saturated heterocycles. The standard InChI is InChI=1S/C20H27FN2O2.ClH/c1-20(22,14-24)13-12-17-10-11-18(23(17)2)19(25)5-3-4-15-6-8-16(21)9-7-15;/h6-11,24H,3-5,12-14,22H2,1-2H3;1H/t20-;/m1./s1. The zero-order chi connectivity index (χ0) is 18.4. The zero-order valence-corrected chi connectivity index (χ0v) is 16.2. The van der Waals surface area contributed by atoms with Crippen molar-refractivity contribution in [2.24, 2.45) is 12.8 Å². The van der Waals surface area contributed by atoms with Gasteiger partial charge >= 0.3 is 0 Å². The summed E-state index contributed by atoms with van der Waals surface area (Å²) in [5, 5.41) is 9.23. The topological polar surface area (TPSA) is 68.2 Å². The number of hydrogen-bond acceptors (Lipinski definition) is 3. The van der Waals surface area contributed by atoms with E-state index in [1.165, 1.54) is 12.1 Å². The first-order valence-electron chi connectivity index (χ1n) is 8.64. The summed E-state index contributed by atoms with van der Waals surface area (Å²) in [4.78, 5) is 12.4. The van der Waals surface area contributed by atoms with Crippen LogP contribution in [0.25, 0.3) is 0 Å². The fourth-order valence-electron chi connectivity index (χ4n) is 2.81. The molecule has 1 heterocycles. The largest absolute Gasteiger partial charge is 0.394 e. The number of nitrogens with two attached hydrogens (primary N) is 1. The molecule has 144 valence electrons. The van der Waals surface area contributed by atoms with Crippen LogP contribution in [0.4, 0.5) is 4.39 Å². The van der Waals surface area contributed by atoms with Crippen LogP contribution in [0, 0.1) is 5.82 Å². The van der Waals surface area contributed by atoms with Gasteiger partial charge in [0.25, 0.3) is 0 Å². The van der Waals surface area contributed by atoms with Gasteiger partial charge in [-0.1, -0.05) is 12.1 Å². The summed E-state index contributed by atoms with van der Waals surface area (Å²) in [6.45, 7) is 1.75. The van der Waals surface area contributed by atoms with Crippen LogP contribution >= 0.6 is 12.4 Å². The van der Waals surface area contributed by atoms with Gasteiger partial charge in [0.05, 0.1) is 12.3 Å². The second kappa shape index (κ2) is 9.86. The highest BCUT2D eigenvalue weighted by Crippen LogP contribution is 2.16. The molecule has 4 nitrogen and oxygen atoms in total. The van der Waals surface area contributed by atoms with Crippen LogP contribution in [-0.2, 0) is 19.9 Å². The predicted molar refractivity (Wildman–Crippen MR) is 104 cm³/mol. The molecule has 0 aliphatic heterocycles. The average Bonchev–Trinajstić information content (AvgIpc) is 2.96. The van der Waals surface area contributed by atoms with Crippen LogP contribution < -0.4 is 5.73 Å². The molecule has 1 aromatic carbocycles. The fourth-order valence-corrected chi connectivity index (χ4v) is 2.81. The van der Waals surface area contributed by atoms with Crippen molar-refractivity contribution in [1.29, 1.82) is 0 Å². The maximum absolute atomic E-state index is 12.9. The first-order valence-corrected chi connectivity index (χ1v) is 8.64. The minimum atomic E-state index is -0.608. The maximum atomic E-state index is 12.9. The molecule has 0 aliphatic carbocycles. The van der Waals surface area contributed by atoms with Gasteiger partial charge in [-0.15, -0.1) is 12.4 Å². The highest BCUT2D eigenvalue weighted by atomic mass is 35.5. The van der Waals surface area contributed by atoms with Crippen molar-refractivity contribution in [3.05, 3.63) is 59.2 Å². The molecule has 0 unspecified atom stereocenters. The van der Waals surface area contributed by atoms with Gasteiger partial charge in [-0.3, -0.25) is 4.79 Å². The number of halogens is 2. The molecule has 2 rings (SSSR count). The number of Topliss-reactive ketones (excluding diaryl/α,β-unsaturated/α-hetero) is 1. The number of carbonyl (C=O) groups excluding carboxylic acids is 1. The number of aromatic nitrogens is 1. The normalized spacial score (nSPS) is 13.1. The molecule has 0 saturated carbocycles. The number of aryl methyl sites for hydroxylation is 2. The summed E-state index contributed by atoms with van der Waals surface area (Å²) in [5.74, 6) is -0.139. The van der Waals surface area contributed by atoms with Gasteiger partial charge in [0.1, 0.15) is 5.82 Å². The Balaban J connectivity index is 0.00000338. The van der Waals surface area contributed by atoms with Crippen LogP contribution in [0.5, 0.6) is 0 Å². The maximum Gasteiger partial charge on any atom is 0.179 e. The molecule has 0 radical (unpaired) electrons. The van der Waals surface area contributed by atoms with Crippen LogP contribution in [0.1, 0.15) is 47.9 Å². The number of carbonyl (C=O) groups is 1. The first kappa shape index (κ1) is 22.4. The Morgan fingerprint density at radius 1 is 1.19 bits per heavy atom. The Bertz CT molecular complexity index is 711. The van der Waals surface area contributed by atoms with E-state index < -0.39 is 5.54 Å². The molecular weight excluding hydrogens is 355 g/mol. The highest BCUT2D eigenvalue weighted by molar-refractivity contribution is 5.94. The van der Waals surface area contributed by atoms with E-state index in [1.54, 1.807) is 12.1 Å². The van der Waals surface area contributed by atoms with Gasteiger partial charge in [0.2, 0.25) is 0 Å². The number of aliphatic hydroxyl groups excluding tert-OH is 1. The quantitative estimate of drug-likeness (QED) is 0.653. The molecule has 3 N–H and O–H groups in total. The number of nitrogens with zero attached hydrogens (tertiary/aromatic N) is 1. The van der Waals surface area contributed by atoms with Crippen molar-refractivity contribution in [3.63, 3.8) is 0 Å². The van der Waals surface area contributed by atoms with Crippen molar-refractivity contribution in [2.75, 3.05) is 6.61 Å². The minimum absolute atomic E-state index is 0. The molecule has 1 atom stereocenters. The third-order valence-corrected chi connectivity index (χ3v) is 4.61. The molecule has 6 heteroatoms. The number of hydrogen-bond donors (Lipinski definition) is 2. The van der Waals surface area contributed by atoms with E-state index in [1.807, 2.05) is 30.7 Å². The molecule has 0 spiro atoms. The van der Waals surface area contributed by atoms with Crippen LogP contribution in [-0.4, -0.2) is 27.6 Å². The molecule has 0 bridgehead atoms. The summed E-state index contributed by atoms with van der Waals surface area (Å²) < 4.78 is 14.8. The Morgan fingerprint density at radius 3 is 2.46 bits per heavy atom. The molecule has 1 aromatic heterocycles. The van der Waals surface area contributed by atoms with E-state index in [4.69, 9.17) is 5.73 Å². The molecule has 0 fully saturated rings. The summed E-state index contributed by atoms with van der Waals surface area (Å²) in [7, 11) is 1.88. The van der Waals surface area contributed by atoms with Gasteiger partial charge < -0.3 is 15.4 Å². The van der Waals surface area contributed by atoms with E-state index >= 15 is 0 Å². The second-order valence-corrected chi connectivity index (χ2v) is 6.98. The second-order valence-electron chi connectivity index (χ2n) is 6.98. The lowest BCUT2D eigenvalue weighted by atomic mass is 9.97. The Kier molecular flexibility index (Phi) is 8.47. The SMILES string of the molecule is Cl.Cn1c(CC[C@@](C)(N)CO)ccc1C(=O)CCCc1ccc(F)cc1.